The van der Waals surface area contributed by atoms with Crippen molar-refractivity contribution in [2.45, 2.75) is 18.0 Å². The van der Waals surface area contributed by atoms with Crippen molar-refractivity contribution >= 4 is 18.0 Å². The molecule has 4 heteroatoms. The van der Waals surface area contributed by atoms with E-state index in [9.17, 15) is 9.90 Å². The molecule has 0 radical (unpaired) electrons. The summed E-state index contributed by atoms with van der Waals surface area (Å²) in [6.45, 7) is 0. The van der Waals surface area contributed by atoms with Gasteiger partial charge >= 0.3 is 0 Å². The van der Waals surface area contributed by atoms with Crippen LogP contribution >= 0.6 is 11.8 Å². The van der Waals surface area contributed by atoms with E-state index < -0.39 is 6.10 Å². The summed E-state index contributed by atoms with van der Waals surface area (Å²) < 4.78 is 5.29. The summed E-state index contributed by atoms with van der Waals surface area (Å²) in [5.41, 5.74) is 0.433. The van der Waals surface area contributed by atoms with Crippen LogP contribution in [0.4, 0.5) is 0 Å². The average molecular weight is 186 g/mol. The Balaban J connectivity index is 2.19. The maximum atomic E-state index is 10.4. The third-order valence-electron chi connectivity index (χ3n) is 2.30. The van der Waals surface area contributed by atoms with Crippen LogP contribution in [0.25, 0.3) is 0 Å². The van der Waals surface area contributed by atoms with Gasteiger partial charge in [0.15, 0.2) is 6.29 Å². The molecular weight excluding hydrogens is 176 g/mol. The fourth-order valence-electron chi connectivity index (χ4n) is 1.59. The molecule has 0 aliphatic carbocycles. The number of fused-ring (bicyclic) bond motifs is 1. The van der Waals surface area contributed by atoms with Gasteiger partial charge in [-0.05, 0) is 12.2 Å². The van der Waals surface area contributed by atoms with Gasteiger partial charge in [0.05, 0.1) is 17.9 Å². The summed E-state index contributed by atoms with van der Waals surface area (Å²) in [7, 11) is 0. The largest absolute Gasteiger partial charge is 0.486 e. The van der Waals surface area contributed by atoms with Gasteiger partial charge in [-0.25, -0.2) is 0 Å². The smallest absolute Gasteiger partial charge is 0.151 e. The lowest BCUT2D eigenvalue weighted by atomic mass is 9.94. The molecular formula is C8H10O3S. The molecule has 1 N–H and O–H groups in total. The second-order valence-corrected chi connectivity index (χ2v) is 4.21. The quantitative estimate of drug-likeness (QED) is 0.607. The zero-order valence-electron chi connectivity index (χ0n) is 6.47. The molecule has 2 heterocycles. The summed E-state index contributed by atoms with van der Waals surface area (Å²) in [5.74, 6) is 1.12. The van der Waals surface area contributed by atoms with Gasteiger partial charge in [-0.15, -0.1) is 11.8 Å². The van der Waals surface area contributed by atoms with Crippen LogP contribution < -0.4 is 0 Å². The van der Waals surface area contributed by atoms with E-state index in [1.165, 1.54) is 6.26 Å². The molecule has 1 fully saturated rings. The van der Waals surface area contributed by atoms with E-state index in [2.05, 4.69) is 0 Å². The third kappa shape index (κ3) is 1.15. The second kappa shape index (κ2) is 3.11. The highest BCUT2D eigenvalue weighted by atomic mass is 32.2. The Morgan fingerprint density at radius 1 is 1.75 bits per heavy atom. The van der Waals surface area contributed by atoms with Crippen LogP contribution in [0.5, 0.6) is 0 Å². The summed E-state index contributed by atoms with van der Waals surface area (Å²) in [5, 5.41) is 9.65. The maximum absolute atomic E-state index is 10.4. The van der Waals surface area contributed by atoms with Gasteiger partial charge in [0.25, 0.3) is 0 Å². The first-order chi connectivity index (χ1) is 5.83. The number of carbonyl (C=O) groups is 1. The van der Waals surface area contributed by atoms with Crippen LogP contribution in [-0.4, -0.2) is 28.7 Å². The van der Waals surface area contributed by atoms with E-state index in [0.29, 0.717) is 11.9 Å². The molecule has 2 aliphatic heterocycles. The number of aliphatic hydroxyl groups excluding tert-OH is 1. The normalized spacial score (nSPS) is 39.8. The van der Waals surface area contributed by atoms with Gasteiger partial charge in [0.1, 0.15) is 5.44 Å². The Hall–Kier alpha value is -0.480. The van der Waals surface area contributed by atoms with Crippen LogP contribution in [0.15, 0.2) is 11.8 Å². The fourth-order valence-corrected chi connectivity index (χ4v) is 2.89. The van der Waals surface area contributed by atoms with Gasteiger partial charge in [0.2, 0.25) is 0 Å². The van der Waals surface area contributed by atoms with Crippen molar-refractivity contribution < 1.29 is 14.6 Å². The predicted octanol–water partition coefficient (Wildman–Crippen LogP) is 0.539. The minimum atomic E-state index is -0.615. The Bertz CT molecular complexity index is 226. The average Bonchev–Trinajstić information content (AvgIpc) is 2.53. The zero-order chi connectivity index (χ0) is 8.55. The Labute approximate surface area is 74.8 Å². The van der Waals surface area contributed by atoms with Crippen molar-refractivity contribution in [3.63, 3.8) is 0 Å². The lowest BCUT2D eigenvalue weighted by Gasteiger charge is -2.28. The van der Waals surface area contributed by atoms with E-state index in [1.54, 1.807) is 11.8 Å². The number of thioether (sulfide) groups is 1. The number of rotatable bonds is 1. The number of ether oxygens (including phenoxy) is 1. The number of aldehydes is 1. The van der Waals surface area contributed by atoms with Gasteiger partial charge in [0, 0.05) is 5.92 Å². The maximum Gasteiger partial charge on any atom is 0.151 e. The van der Waals surface area contributed by atoms with E-state index >= 15 is 0 Å². The zero-order valence-corrected chi connectivity index (χ0v) is 7.29. The SMILES string of the molecule is O=CC1=COC2SCCC2C1O. The molecule has 0 bridgehead atoms. The molecule has 2 aliphatic rings. The molecule has 0 saturated carbocycles. The van der Waals surface area contributed by atoms with Crippen molar-refractivity contribution in [3.05, 3.63) is 11.8 Å². The molecule has 0 amide bonds. The highest BCUT2D eigenvalue weighted by molar-refractivity contribution is 8.00. The Kier molecular flexibility index (Phi) is 2.11. The molecule has 12 heavy (non-hydrogen) atoms. The molecule has 0 spiro atoms. The van der Waals surface area contributed by atoms with Crippen molar-refractivity contribution in [2.75, 3.05) is 5.75 Å². The number of carbonyl (C=O) groups excluding carboxylic acids is 1. The molecule has 3 unspecified atom stereocenters. The van der Waals surface area contributed by atoms with E-state index in [-0.39, 0.29) is 11.4 Å². The molecule has 2 rings (SSSR count). The molecule has 3 nitrogen and oxygen atoms in total. The summed E-state index contributed by atoms with van der Waals surface area (Å²) in [6.07, 6.45) is 2.37. The van der Waals surface area contributed by atoms with Gasteiger partial charge in [-0.3, -0.25) is 4.79 Å². The molecule has 0 aromatic rings. The monoisotopic (exact) mass is 186 g/mol. The number of aliphatic hydroxyl groups is 1. The second-order valence-electron chi connectivity index (χ2n) is 3.01. The minimum absolute atomic E-state index is 0.0590. The Morgan fingerprint density at radius 2 is 2.58 bits per heavy atom. The first-order valence-corrected chi connectivity index (χ1v) is 4.98. The van der Waals surface area contributed by atoms with Crippen LogP contribution in [0.2, 0.25) is 0 Å². The molecule has 3 atom stereocenters. The number of hydrogen-bond donors (Lipinski definition) is 1. The summed E-state index contributed by atoms with van der Waals surface area (Å²) in [4.78, 5) is 10.4. The van der Waals surface area contributed by atoms with E-state index in [1.807, 2.05) is 0 Å². The van der Waals surface area contributed by atoms with Crippen molar-refractivity contribution in [1.29, 1.82) is 0 Å². The highest BCUT2D eigenvalue weighted by Crippen LogP contribution is 2.39. The number of hydrogen-bond acceptors (Lipinski definition) is 4. The van der Waals surface area contributed by atoms with Crippen LogP contribution in [0.1, 0.15) is 6.42 Å². The van der Waals surface area contributed by atoms with Gasteiger partial charge in [-0.2, -0.15) is 0 Å². The Morgan fingerprint density at radius 3 is 3.33 bits per heavy atom. The molecule has 0 aromatic heterocycles. The van der Waals surface area contributed by atoms with Crippen molar-refractivity contribution in [2.24, 2.45) is 5.92 Å². The summed E-state index contributed by atoms with van der Waals surface area (Å²) in [6, 6.07) is 0. The lowest BCUT2D eigenvalue weighted by Crippen LogP contribution is -2.33. The summed E-state index contributed by atoms with van der Waals surface area (Å²) >= 11 is 1.70. The molecule has 0 aromatic carbocycles. The molecule has 66 valence electrons. The van der Waals surface area contributed by atoms with Gasteiger partial charge < -0.3 is 9.84 Å². The van der Waals surface area contributed by atoms with Crippen LogP contribution in [-0.2, 0) is 9.53 Å². The van der Waals surface area contributed by atoms with Crippen LogP contribution in [0.3, 0.4) is 0 Å². The van der Waals surface area contributed by atoms with Crippen LogP contribution in [0, 0.1) is 5.92 Å². The lowest BCUT2D eigenvalue weighted by molar-refractivity contribution is -0.107. The third-order valence-corrected chi connectivity index (χ3v) is 3.56. The minimum Gasteiger partial charge on any atom is -0.486 e. The van der Waals surface area contributed by atoms with Crippen molar-refractivity contribution in [1.82, 2.24) is 0 Å². The standard InChI is InChI=1S/C8H10O3S/c9-3-5-4-11-8-6(7(5)10)1-2-12-8/h3-4,6-8,10H,1-2H2. The fraction of sp³-hybridized carbons (Fsp3) is 0.625. The highest BCUT2D eigenvalue weighted by Gasteiger charge is 2.39. The first kappa shape index (κ1) is 8.13. The molecule has 1 saturated heterocycles. The van der Waals surface area contributed by atoms with E-state index in [0.717, 1.165) is 12.2 Å². The van der Waals surface area contributed by atoms with Crippen molar-refractivity contribution in [3.8, 4) is 0 Å². The predicted molar refractivity (Wildman–Crippen MR) is 45.6 cm³/mol. The van der Waals surface area contributed by atoms with E-state index in [4.69, 9.17) is 4.74 Å². The topological polar surface area (TPSA) is 46.5 Å². The van der Waals surface area contributed by atoms with Gasteiger partial charge in [-0.1, -0.05) is 0 Å². The first-order valence-electron chi connectivity index (χ1n) is 3.93.